The number of alkyl halides is 6. The third kappa shape index (κ3) is 3.62. The second-order valence-electron chi connectivity index (χ2n) is 6.57. The highest BCUT2D eigenvalue weighted by Gasteiger charge is 2.58. The first-order valence-electron chi connectivity index (χ1n) is 8.43. The summed E-state index contributed by atoms with van der Waals surface area (Å²) in [6.45, 7) is 0. The van der Waals surface area contributed by atoms with E-state index in [9.17, 15) is 26.3 Å². The van der Waals surface area contributed by atoms with Crippen LogP contribution < -0.4 is 11.5 Å². The lowest BCUT2D eigenvalue weighted by atomic mass is 9.68. The van der Waals surface area contributed by atoms with Gasteiger partial charge in [-0.3, -0.25) is 0 Å². The molecule has 0 radical (unpaired) electrons. The van der Waals surface area contributed by atoms with Gasteiger partial charge in [-0.2, -0.15) is 26.3 Å². The fourth-order valence-corrected chi connectivity index (χ4v) is 3.39. The van der Waals surface area contributed by atoms with E-state index >= 15 is 0 Å². The molecule has 0 saturated heterocycles. The van der Waals surface area contributed by atoms with Crippen molar-refractivity contribution in [1.82, 2.24) is 0 Å². The number of hydrogen-bond donors (Lipinski definition) is 2. The highest BCUT2D eigenvalue weighted by molar-refractivity contribution is 5.57. The zero-order chi connectivity index (χ0) is 21.4. The largest absolute Gasteiger partial charge is 0.416 e. The molecule has 0 saturated carbocycles. The number of anilines is 2. The van der Waals surface area contributed by atoms with Crippen LogP contribution in [0.1, 0.15) is 22.3 Å². The topological polar surface area (TPSA) is 52.0 Å². The Hall–Kier alpha value is -3.16. The molecule has 0 aromatic heterocycles. The first kappa shape index (κ1) is 20.6. The summed E-state index contributed by atoms with van der Waals surface area (Å²) >= 11 is 0. The van der Waals surface area contributed by atoms with Gasteiger partial charge in [0.15, 0.2) is 0 Å². The van der Waals surface area contributed by atoms with Gasteiger partial charge in [0.25, 0.3) is 0 Å². The maximum atomic E-state index is 14.7. The van der Waals surface area contributed by atoms with Crippen LogP contribution in [0.2, 0.25) is 0 Å². The van der Waals surface area contributed by atoms with Crippen molar-refractivity contribution in [2.75, 3.05) is 11.5 Å². The molecule has 0 bridgehead atoms. The van der Waals surface area contributed by atoms with Crippen molar-refractivity contribution in [3.8, 4) is 0 Å². The summed E-state index contributed by atoms with van der Waals surface area (Å²) in [5, 5.41) is 0. The smallest absolute Gasteiger partial charge is 0.399 e. The summed E-state index contributed by atoms with van der Waals surface area (Å²) in [5.41, 5.74) is 6.57. The van der Waals surface area contributed by atoms with E-state index in [1.165, 1.54) is 48.5 Å². The van der Waals surface area contributed by atoms with Gasteiger partial charge in [-0.1, -0.05) is 42.5 Å². The lowest BCUT2D eigenvalue weighted by molar-refractivity contribution is -0.167. The Bertz CT molecular complexity index is 944. The minimum atomic E-state index is -4.97. The Morgan fingerprint density at radius 1 is 0.517 bits per heavy atom. The zero-order valence-electron chi connectivity index (χ0n) is 14.9. The molecule has 0 spiro atoms. The molecule has 0 heterocycles. The van der Waals surface area contributed by atoms with E-state index in [0.29, 0.717) is 6.07 Å². The maximum absolute atomic E-state index is 14.7. The van der Waals surface area contributed by atoms with Crippen LogP contribution in [0.5, 0.6) is 0 Å². The first-order chi connectivity index (χ1) is 13.5. The fraction of sp³-hybridized carbons (Fsp3) is 0.143. The summed E-state index contributed by atoms with van der Waals surface area (Å²) in [4.78, 5) is 0. The minimum Gasteiger partial charge on any atom is -0.399 e. The number of halogens is 6. The van der Waals surface area contributed by atoms with Gasteiger partial charge in [0.05, 0.1) is 5.56 Å². The Balaban J connectivity index is 2.43. The Kier molecular flexibility index (Phi) is 4.98. The van der Waals surface area contributed by atoms with E-state index in [2.05, 4.69) is 0 Å². The second-order valence-corrected chi connectivity index (χ2v) is 6.57. The Labute approximate surface area is 162 Å². The predicted molar refractivity (Wildman–Crippen MR) is 99.1 cm³/mol. The molecule has 4 N–H and O–H groups in total. The Morgan fingerprint density at radius 2 is 0.931 bits per heavy atom. The third-order valence-corrected chi connectivity index (χ3v) is 4.74. The molecule has 0 fully saturated rings. The highest BCUT2D eigenvalue weighted by atomic mass is 19.4. The molecule has 3 aromatic rings. The van der Waals surface area contributed by atoms with Crippen LogP contribution in [0.3, 0.4) is 0 Å². The molecule has 2 nitrogen and oxygen atoms in total. The van der Waals surface area contributed by atoms with Crippen LogP contribution in [0, 0.1) is 0 Å². The van der Waals surface area contributed by atoms with Crippen LogP contribution in [-0.4, -0.2) is 6.18 Å². The van der Waals surface area contributed by atoms with Gasteiger partial charge >= 0.3 is 12.4 Å². The van der Waals surface area contributed by atoms with Gasteiger partial charge in [-0.05, 0) is 47.0 Å². The number of nitrogens with two attached hydrogens (primary N) is 2. The molecule has 0 unspecified atom stereocenters. The quantitative estimate of drug-likeness (QED) is 0.327. The number of rotatable bonds is 3. The van der Waals surface area contributed by atoms with Crippen LogP contribution in [0.25, 0.3) is 0 Å². The average Bonchev–Trinajstić information content (AvgIpc) is 2.64. The summed E-state index contributed by atoms with van der Waals surface area (Å²) in [7, 11) is 0. The van der Waals surface area contributed by atoms with Crippen molar-refractivity contribution in [1.29, 1.82) is 0 Å². The first-order valence-corrected chi connectivity index (χ1v) is 8.43. The van der Waals surface area contributed by atoms with E-state index in [-0.39, 0.29) is 22.5 Å². The van der Waals surface area contributed by atoms with Crippen molar-refractivity contribution in [3.63, 3.8) is 0 Å². The molecule has 8 heteroatoms. The van der Waals surface area contributed by atoms with E-state index in [4.69, 9.17) is 11.5 Å². The Morgan fingerprint density at radius 3 is 1.31 bits per heavy atom. The number of nitrogen functional groups attached to an aromatic ring is 2. The summed E-state index contributed by atoms with van der Waals surface area (Å²) in [6, 6.07) is 13.0. The third-order valence-electron chi connectivity index (χ3n) is 4.74. The summed E-state index contributed by atoms with van der Waals surface area (Å²) in [6.07, 6.45) is -9.76. The molecule has 152 valence electrons. The van der Waals surface area contributed by atoms with E-state index < -0.39 is 28.9 Å². The van der Waals surface area contributed by atoms with Gasteiger partial charge in [0.1, 0.15) is 5.41 Å². The van der Waals surface area contributed by atoms with Crippen LogP contribution in [0.15, 0.2) is 72.8 Å². The monoisotopic (exact) mass is 410 g/mol. The van der Waals surface area contributed by atoms with E-state index in [0.717, 1.165) is 18.2 Å². The predicted octanol–water partition coefficient (Wildman–Crippen LogP) is 5.77. The SMILES string of the molecule is Nc1ccc(C(c2ccc(N)cc2)(c2cccc(C(F)(F)F)c2)C(F)(F)F)cc1. The van der Waals surface area contributed by atoms with Gasteiger partial charge in [0, 0.05) is 11.4 Å². The standard InChI is InChI=1S/C21H16F6N2/c22-20(23,24)16-3-1-2-15(12-16)19(21(25,26)27,13-4-8-17(28)9-5-13)14-6-10-18(29)11-7-14/h1-12H,28-29H2. The van der Waals surface area contributed by atoms with Gasteiger partial charge < -0.3 is 11.5 Å². The normalized spacial score (nSPS) is 12.8. The second kappa shape index (κ2) is 7.02. The minimum absolute atomic E-state index is 0.228. The molecule has 29 heavy (non-hydrogen) atoms. The molecule has 3 rings (SSSR count). The summed E-state index contributed by atoms with van der Waals surface area (Å²) in [5.74, 6) is 0. The van der Waals surface area contributed by atoms with Crippen molar-refractivity contribution >= 4 is 11.4 Å². The van der Waals surface area contributed by atoms with Crippen LogP contribution >= 0.6 is 0 Å². The lowest BCUT2D eigenvalue weighted by Crippen LogP contribution is -2.44. The molecule has 0 aliphatic rings. The van der Waals surface area contributed by atoms with Crippen LogP contribution in [-0.2, 0) is 11.6 Å². The number of hydrogen-bond acceptors (Lipinski definition) is 2. The molecule has 0 atom stereocenters. The lowest BCUT2D eigenvalue weighted by Gasteiger charge is -2.38. The van der Waals surface area contributed by atoms with Gasteiger partial charge in [0.2, 0.25) is 0 Å². The number of benzene rings is 3. The van der Waals surface area contributed by atoms with Crippen LogP contribution in [0.4, 0.5) is 37.7 Å². The molecule has 3 aromatic carbocycles. The molecular formula is C21H16F6N2. The van der Waals surface area contributed by atoms with Gasteiger partial charge in [-0.15, -0.1) is 0 Å². The van der Waals surface area contributed by atoms with Gasteiger partial charge in [-0.25, -0.2) is 0 Å². The molecule has 0 aliphatic heterocycles. The van der Waals surface area contributed by atoms with Crippen molar-refractivity contribution in [2.45, 2.75) is 17.8 Å². The van der Waals surface area contributed by atoms with Crippen molar-refractivity contribution < 1.29 is 26.3 Å². The average molecular weight is 410 g/mol. The molecule has 0 amide bonds. The highest BCUT2D eigenvalue weighted by Crippen LogP contribution is 2.52. The maximum Gasteiger partial charge on any atom is 0.416 e. The van der Waals surface area contributed by atoms with Crippen molar-refractivity contribution in [3.05, 3.63) is 95.1 Å². The van der Waals surface area contributed by atoms with E-state index in [1.54, 1.807) is 0 Å². The molecular weight excluding hydrogens is 394 g/mol. The van der Waals surface area contributed by atoms with Crippen molar-refractivity contribution in [2.24, 2.45) is 0 Å². The molecule has 0 aliphatic carbocycles. The summed E-state index contributed by atoms with van der Waals surface area (Å²) < 4.78 is 83.9. The fourth-order valence-electron chi connectivity index (χ4n) is 3.39. The van der Waals surface area contributed by atoms with E-state index in [1.807, 2.05) is 0 Å². The zero-order valence-corrected chi connectivity index (χ0v) is 14.9.